The number of hydrogen-bond acceptors (Lipinski definition) is 4. The molecule has 26 heavy (non-hydrogen) atoms. The molecule has 0 unspecified atom stereocenters. The van der Waals surface area contributed by atoms with E-state index in [2.05, 4.69) is 5.10 Å². The van der Waals surface area contributed by atoms with E-state index in [9.17, 15) is 9.59 Å². The molecule has 0 spiro atoms. The standard InChI is InChI=1S/C20H19N3O3/c1-22-13-15(12-21-22)23(2)20(25)18-7-5-4-6-17(18)19(24)14-8-10-16(26-3)11-9-14/h4-13H,1-3H3. The van der Waals surface area contributed by atoms with Crippen molar-refractivity contribution in [2.45, 2.75) is 0 Å². The predicted octanol–water partition coefficient (Wildman–Crippen LogP) is 2.94. The van der Waals surface area contributed by atoms with Crippen molar-refractivity contribution in [1.29, 1.82) is 0 Å². The first kappa shape index (κ1) is 17.4. The van der Waals surface area contributed by atoms with Crippen LogP contribution in [0.5, 0.6) is 5.75 Å². The second-order valence-electron chi connectivity index (χ2n) is 5.84. The maximum atomic E-state index is 12.9. The van der Waals surface area contributed by atoms with Gasteiger partial charge in [-0.25, -0.2) is 0 Å². The Labute approximate surface area is 151 Å². The van der Waals surface area contributed by atoms with Crippen LogP contribution in [0.15, 0.2) is 60.9 Å². The molecule has 3 aromatic rings. The number of carbonyl (C=O) groups is 2. The van der Waals surface area contributed by atoms with E-state index in [1.807, 2.05) is 0 Å². The molecule has 0 aliphatic carbocycles. The van der Waals surface area contributed by atoms with Gasteiger partial charge in [-0.3, -0.25) is 14.3 Å². The topological polar surface area (TPSA) is 64.4 Å². The number of anilines is 1. The summed E-state index contributed by atoms with van der Waals surface area (Å²) in [7, 11) is 5.01. The van der Waals surface area contributed by atoms with E-state index >= 15 is 0 Å². The third-order valence-electron chi connectivity index (χ3n) is 4.14. The fourth-order valence-electron chi connectivity index (χ4n) is 2.64. The van der Waals surface area contributed by atoms with E-state index in [-0.39, 0.29) is 11.7 Å². The van der Waals surface area contributed by atoms with E-state index in [0.29, 0.717) is 28.1 Å². The Bertz CT molecular complexity index is 945. The zero-order valence-corrected chi connectivity index (χ0v) is 14.8. The maximum Gasteiger partial charge on any atom is 0.258 e. The third kappa shape index (κ3) is 3.35. The van der Waals surface area contributed by atoms with Crippen LogP contribution in [-0.4, -0.2) is 35.6 Å². The van der Waals surface area contributed by atoms with Crippen LogP contribution in [-0.2, 0) is 7.05 Å². The molecular formula is C20H19N3O3. The summed E-state index contributed by atoms with van der Waals surface area (Å²) in [5.41, 5.74) is 1.86. The fourth-order valence-corrected chi connectivity index (χ4v) is 2.64. The molecule has 6 nitrogen and oxygen atoms in total. The summed E-state index contributed by atoms with van der Waals surface area (Å²) in [6, 6.07) is 13.6. The average Bonchev–Trinajstić information content (AvgIpc) is 3.12. The number of amides is 1. The van der Waals surface area contributed by atoms with Crippen LogP contribution in [0.25, 0.3) is 0 Å². The van der Waals surface area contributed by atoms with Crippen molar-refractivity contribution < 1.29 is 14.3 Å². The van der Waals surface area contributed by atoms with Gasteiger partial charge in [0.15, 0.2) is 5.78 Å². The van der Waals surface area contributed by atoms with Crippen LogP contribution in [0.1, 0.15) is 26.3 Å². The molecule has 132 valence electrons. The molecule has 0 N–H and O–H groups in total. The monoisotopic (exact) mass is 349 g/mol. The summed E-state index contributed by atoms with van der Waals surface area (Å²) in [4.78, 5) is 27.3. The molecule has 1 amide bonds. The van der Waals surface area contributed by atoms with Crippen molar-refractivity contribution in [1.82, 2.24) is 9.78 Å². The number of aromatic nitrogens is 2. The number of aryl methyl sites for hydroxylation is 1. The molecule has 1 aromatic heterocycles. The lowest BCUT2D eigenvalue weighted by Crippen LogP contribution is -2.27. The molecule has 1 heterocycles. The Hall–Kier alpha value is -3.41. The van der Waals surface area contributed by atoms with Gasteiger partial charge in [-0.05, 0) is 30.3 Å². The number of rotatable bonds is 5. The SMILES string of the molecule is COc1ccc(C(=O)c2ccccc2C(=O)N(C)c2cnn(C)c2)cc1. The zero-order chi connectivity index (χ0) is 18.7. The molecule has 0 saturated heterocycles. The van der Waals surface area contributed by atoms with Crippen molar-refractivity contribution in [3.63, 3.8) is 0 Å². The van der Waals surface area contributed by atoms with E-state index in [1.54, 1.807) is 86.8 Å². The van der Waals surface area contributed by atoms with Gasteiger partial charge < -0.3 is 9.64 Å². The minimum absolute atomic E-state index is 0.212. The van der Waals surface area contributed by atoms with E-state index in [1.165, 1.54) is 4.90 Å². The normalized spacial score (nSPS) is 10.4. The Morgan fingerprint density at radius 3 is 2.27 bits per heavy atom. The molecule has 2 aromatic carbocycles. The Morgan fingerprint density at radius 1 is 1.04 bits per heavy atom. The second kappa shape index (κ2) is 7.23. The van der Waals surface area contributed by atoms with Crippen LogP contribution in [0, 0.1) is 0 Å². The summed E-state index contributed by atoms with van der Waals surface area (Å²) in [5.74, 6) is 0.189. The number of ketones is 1. The number of methoxy groups -OCH3 is 1. The third-order valence-corrected chi connectivity index (χ3v) is 4.14. The highest BCUT2D eigenvalue weighted by Gasteiger charge is 2.22. The number of nitrogens with zero attached hydrogens (tertiary/aromatic N) is 3. The van der Waals surface area contributed by atoms with Crippen molar-refractivity contribution in [3.05, 3.63) is 77.6 Å². The zero-order valence-electron chi connectivity index (χ0n) is 14.8. The minimum Gasteiger partial charge on any atom is -0.497 e. The first-order valence-corrected chi connectivity index (χ1v) is 8.05. The lowest BCUT2D eigenvalue weighted by atomic mass is 9.97. The van der Waals surface area contributed by atoms with Crippen LogP contribution in [0.4, 0.5) is 5.69 Å². The summed E-state index contributed by atoms with van der Waals surface area (Å²) in [6.45, 7) is 0. The van der Waals surface area contributed by atoms with E-state index in [0.717, 1.165) is 0 Å². The summed E-state index contributed by atoms with van der Waals surface area (Å²) >= 11 is 0. The molecule has 3 rings (SSSR count). The van der Waals surface area contributed by atoms with Gasteiger partial charge in [0.25, 0.3) is 5.91 Å². The van der Waals surface area contributed by atoms with Crippen LogP contribution in [0.2, 0.25) is 0 Å². The Kier molecular flexibility index (Phi) is 4.84. The molecule has 0 aliphatic heterocycles. The van der Waals surface area contributed by atoms with Gasteiger partial charge in [-0.1, -0.05) is 18.2 Å². The molecule has 0 bridgehead atoms. The molecule has 0 fully saturated rings. The van der Waals surface area contributed by atoms with Crippen LogP contribution in [0.3, 0.4) is 0 Å². The summed E-state index contributed by atoms with van der Waals surface area (Å²) in [5, 5.41) is 4.08. The van der Waals surface area contributed by atoms with Gasteiger partial charge in [0, 0.05) is 31.4 Å². The highest BCUT2D eigenvalue weighted by atomic mass is 16.5. The number of carbonyl (C=O) groups excluding carboxylic acids is 2. The smallest absolute Gasteiger partial charge is 0.258 e. The summed E-state index contributed by atoms with van der Waals surface area (Å²) in [6.07, 6.45) is 3.34. The lowest BCUT2D eigenvalue weighted by Gasteiger charge is -2.17. The highest BCUT2D eigenvalue weighted by molar-refractivity contribution is 6.18. The molecule has 0 atom stereocenters. The predicted molar refractivity (Wildman–Crippen MR) is 98.8 cm³/mol. The molecule has 0 saturated carbocycles. The van der Waals surface area contributed by atoms with Crippen molar-refractivity contribution in [2.24, 2.45) is 7.05 Å². The first-order valence-electron chi connectivity index (χ1n) is 8.05. The largest absolute Gasteiger partial charge is 0.497 e. The second-order valence-corrected chi connectivity index (χ2v) is 5.84. The van der Waals surface area contributed by atoms with Gasteiger partial charge >= 0.3 is 0 Å². The van der Waals surface area contributed by atoms with Crippen molar-refractivity contribution in [3.8, 4) is 5.75 Å². The lowest BCUT2D eigenvalue weighted by molar-refractivity contribution is 0.0976. The average molecular weight is 349 g/mol. The van der Waals surface area contributed by atoms with Crippen LogP contribution >= 0.6 is 0 Å². The first-order chi connectivity index (χ1) is 12.5. The van der Waals surface area contributed by atoms with Gasteiger partial charge in [0.05, 0.1) is 24.6 Å². The minimum atomic E-state index is -0.268. The highest BCUT2D eigenvalue weighted by Crippen LogP contribution is 2.21. The van der Waals surface area contributed by atoms with Gasteiger partial charge in [-0.2, -0.15) is 5.10 Å². The number of benzene rings is 2. The quantitative estimate of drug-likeness (QED) is 0.665. The Balaban J connectivity index is 1.94. The number of hydrogen-bond donors (Lipinski definition) is 0. The summed E-state index contributed by atoms with van der Waals surface area (Å²) < 4.78 is 6.74. The molecule has 6 heteroatoms. The van der Waals surface area contributed by atoms with Crippen molar-refractivity contribution >= 4 is 17.4 Å². The fraction of sp³-hybridized carbons (Fsp3) is 0.150. The number of ether oxygens (including phenoxy) is 1. The van der Waals surface area contributed by atoms with Crippen LogP contribution < -0.4 is 9.64 Å². The van der Waals surface area contributed by atoms with Gasteiger partial charge in [0.2, 0.25) is 0 Å². The van der Waals surface area contributed by atoms with E-state index < -0.39 is 0 Å². The molecule has 0 aliphatic rings. The van der Waals surface area contributed by atoms with Gasteiger partial charge in [-0.15, -0.1) is 0 Å². The maximum absolute atomic E-state index is 12.9. The molecular weight excluding hydrogens is 330 g/mol. The van der Waals surface area contributed by atoms with Gasteiger partial charge in [0.1, 0.15) is 5.75 Å². The molecule has 0 radical (unpaired) electrons. The Morgan fingerprint density at radius 2 is 1.69 bits per heavy atom. The van der Waals surface area contributed by atoms with E-state index in [4.69, 9.17) is 4.74 Å². The van der Waals surface area contributed by atoms with Crippen molar-refractivity contribution in [2.75, 3.05) is 19.1 Å².